The Morgan fingerprint density at radius 3 is 2.41 bits per heavy atom. The van der Waals surface area contributed by atoms with Crippen molar-refractivity contribution in [2.45, 2.75) is 32.9 Å². The molecule has 17 heavy (non-hydrogen) atoms. The van der Waals surface area contributed by atoms with Gasteiger partial charge in [0.25, 0.3) is 0 Å². The largest absolute Gasteiger partial charge is 0.467 e. The van der Waals surface area contributed by atoms with Crippen LogP contribution in [0.15, 0.2) is 0 Å². The van der Waals surface area contributed by atoms with Crippen LogP contribution in [0.5, 0.6) is 0 Å². The Morgan fingerprint density at radius 2 is 1.94 bits per heavy atom. The van der Waals surface area contributed by atoms with Crippen molar-refractivity contribution >= 4 is 11.9 Å². The zero-order chi connectivity index (χ0) is 13.3. The number of methoxy groups -OCH3 is 1. The number of ether oxygens (including phenoxy) is 3. The van der Waals surface area contributed by atoms with Crippen LogP contribution in [0.2, 0.25) is 0 Å². The fourth-order valence-corrected chi connectivity index (χ4v) is 1.15. The molecule has 0 aliphatic rings. The molecule has 0 heterocycles. The van der Waals surface area contributed by atoms with Crippen molar-refractivity contribution in [3.63, 3.8) is 0 Å². The maximum Gasteiger partial charge on any atom is 0.330 e. The molecule has 0 spiro atoms. The van der Waals surface area contributed by atoms with Crippen LogP contribution in [-0.4, -0.2) is 51.0 Å². The molecule has 0 aliphatic heterocycles. The Hall–Kier alpha value is -1.14. The third-order valence-corrected chi connectivity index (χ3v) is 1.97. The van der Waals surface area contributed by atoms with Crippen molar-refractivity contribution in [1.82, 2.24) is 5.32 Å². The first kappa shape index (κ1) is 15.9. The standard InChI is InChI=1S/C11H21NO5/c1-5-16-6-8(2)17-7-10(11(14)15-4)12-9(3)13/h8,10H,5-7H2,1-4H3,(H,12,13). The maximum absolute atomic E-state index is 11.3. The van der Waals surface area contributed by atoms with Crippen LogP contribution in [0.4, 0.5) is 0 Å². The summed E-state index contributed by atoms with van der Waals surface area (Å²) in [6.45, 7) is 6.18. The minimum Gasteiger partial charge on any atom is -0.467 e. The molecular formula is C11H21NO5. The van der Waals surface area contributed by atoms with E-state index in [9.17, 15) is 9.59 Å². The molecule has 6 nitrogen and oxygen atoms in total. The van der Waals surface area contributed by atoms with E-state index in [4.69, 9.17) is 9.47 Å². The number of esters is 1. The molecule has 1 N–H and O–H groups in total. The number of amides is 1. The molecule has 0 aromatic rings. The molecule has 0 aliphatic carbocycles. The Labute approximate surface area is 102 Å². The summed E-state index contributed by atoms with van der Waals surface area (Å²) in [6.07, 6.45) is -0.143. The highest BCUT2D eigenvalue weighted by Crippen LogP contribution is 1.97. The number of hydrogen-bond donors (Lipinski definition) is 1. The summed E-state index contributed by atoms with van der Waals surface area (Å²) in [5.41, 5.74) is 0. The third-order valence-electron chi connectivity index (χ3n) is 1.97. The van der Waals surface area contributed by atoms with E-state index in [1.807, 2.05) is 13.8 Å². The number of hydrogen-bond acceptors (Lipinski definition) is 5. The molecule has 0 saturated carbocycles. The number of rotatable bonds is 8. The van der Waals surface area contributed by atoms with E-state index in [0.29, 0.717) is 13.2 Å². The summed E-state index contributed by atoms with van der Waals surface area (Å²) >= 11 is 0. The molecule has 2 atom stereocenters. The summed E-state index contributed by atoms with van der Waals surface area (Å²) in [5.74, 6) is -0.828. The van der Waals surface area contributed by atoms with Gasteiger partial charge in [-0.3, -0.25) is 4.79 Å². The van der Waals surface area contributed by atoms with Crippen LogP contribution in [0.1, 0.15) is 20.8 Å². The zero-order valence-electron chi connectivity index (χ0n) is 10.8. The summed E-state index contributed by atoms with van der Waals surface area (Å²) in [7, 11) is 1.26. The Bertz CT molecular complexity index is 244. The van der Waals surface area contributed by atoms with E-state index in [0.717, 1.165) is 0 Å². The van der Waals surface area contributed by atoms with Crippen LogP contribution >= 0.6 is 0 Å². The smallest absolute Gasteiger partial charge is 0.330 e. The lowest BCUT2D eigenvalue weighted by atomic mass is 10.3. The van der Waals surface area contributed by atoms with Gasteiger partial charge in [-0.15, -0.1) is 0 Å². The second-order valence-electron chi connectivity index (χ2n) is 3.58. The summed E-state index contributed by atoms with van der Waals surface area (Å²) in [6, 6.07) is -0.776. The normalized spacial score (nSPS) is 13.9. The van der Waals surface area contributed by atoms with Crippen LogP contribution in [-0.2, 0) is 23.8 Å². The third kappa shape index (κ3) is 7.70. The first-order valence-electron chi connectivity index (χ1n) is 5.55. The SMILES string of the molecule is CCOCC(C)OCC(NC(C)=O)C(=O)OC. The fraction of sp³-hybridized carbons (Fsp3) is 0.818. The summed E-state index contributed by atoms with van der Waals surface area (Å²) in [4.78, 5) is 22.2. The first-order valence-corrected chi connectivity index (χ1v) is 5.55. The molecule has 0 saturated heterocycles. The van der Waals surface area contributed by atoms with Gasteiger partial charge in [0.2, 0.25) is 5.91 Å². The lowest BCUT2D eigenvalue weighted by Crippen LogP contribution is -2.44. The van der Waals surface area contributed by atoms with Gasteiger partial charge in [0.1, 0.15) is 0 Å². The van der Waals surface area contributed by atoms with E-state index in [2.05, 4.69) is 10.1 Å². The fourth-order valence-electron chi connectivity index (χ4n) is 1.15. The molecule has 2 unspecified atom stereocenters. The Morgan fingerprint density at radius 1 is 1.29 bits per heavy atom. The molecule has 100 valence electrons. The van der Waals surface area contributed by atoms with E-state index in [1.54, 1.807) is 0 Å². The van der Waals surface area contributed by atoms with Crippen molar-refractivity contribution in [3.05, 3.63) is 0 Å². The maximum atomic E-state index is 11.3. The highest BCUT2D eigenvalue weighted by Gasteiger charge is 2.21. The summed E-state index contributed by atoms with van der Waals surface area (Å²) in [5, 5.41) is 2.46. The predicted molar refractivity (Wildman–Crippen MR) is 61.5 cm³/mol. The molecule has 0 fully saturated rings. The molecule has 0 radical (unpaired) electrons. The topological polar surface area (TPSA) is 73.9 Å². The highest BCUT2D eigenvalue weighted by molar-refractivity contribution is 5.83. The molecule has 0 aromatic carbocycles. The average Bonchev–Trinajstić information content (AvgIpc) is 2.30. The highest BCUT2D eigenvalue weighted by atomic mass is 16.5. The van der Waals surface area contributed by atoms with Crippen molar-refractivity contribution in [2.75, 3.05) is 26.9 Å². The lowest BCUT2D eigenvalue weighted by molar-refractivity contribution is -0.147. The van der Waals surface area contributed by atoms with Crippen molar-refractivity contribution < 1.29 is 23.8 Å². The Balaban J connectivity index is 4.06. The Kier molecular flexibility index (Phi) is 8.35. The van der Waals surface area contributed by atoms with Crippen LogP contribution < -0.4 is 5.32 Å². The minimum absolute atomic E-state index is 0.0699. The molecule has 0 rings (SSSR count). The van der Waals surface area contributed by atoms with E-state index in [1.165, 1.54) is 14.0 Å². The van der Waals surface area contributed by atoms with Gasteiger partial charge in [0.05, 0.1) is 26.4 Å². The zero-order valence-corrected chi connectivity index (χ0v) is 10.8. The second kappa shape index (κ2) is 8.95. The number of nitrogens with one attached hydrogen (secondary N) is 1. The van der Waals surface area contributed by atoms with Gasteiger partial charge in [-0.25, -0.2) is 4.79 Å². The molecular weight excluding hydrogens is 226 g/mol. The van der Waals surface area contributed by atoms with Gasteiger partial charge >= 0.3 is 5.97 Å². The number of carbonyl (C=O) groups is 2. The summed E-state index contributed by atoms with van der Waals surface area (Å²) < 4.78 is 15.1. The molecule has 1 amide bonds. The van der Waals surface area contributed by atoms with Crippen LogP contribution in [0.25, 0.3) is 0 Å². The quantitative estimate of drug-likeness (QED) is 0.616. The van der Waals surface area contributed by atoms with Crippen LogP contribution in [0.3, 0.4) is 0 Å². The van der Waals surface area contributed by atoms with Gasteiger partial charge in [-0.2, -0.15) is 0 Å². The van der Waals surface area contributed by atoms with Crippen LogP contribution in [0, 0.1) is 0 Å². The average molecular weight is 247 g/mol. The van der Waals surface area contributed by atoms with E-state index >= 15 is 0 Å². The van der Waals surface area contributed by atoms with Crippen molar-refractivity contribution in [3.8, 4) is 0 Å². The molecule has 0 bridgehead atoms. The first-order chi connectivity index (χ1) is 8.01. The predicted octanol–water partition coefficient (Wildman–Crippen LogP) is 0.106. The minimum atomic E-state index is -0.776. The molecule has 0 aromatic heterocycles. The van der Waals surface area contributed by atoms with Crippen molar-refractivity contribution in [2.24, 2.45) is 0 Å². The van der Waals surface area contributed by atoms with Gasteiger partial charge in [0.15, 0.2) is 6.04 Å². The lowest BCUT2D eigenvalue weighted by Gasteiger charge is -2.18. The van der Waals surface area contributed by atoms with E-state index in [-0.39, 0.29) is 18.6 Å². The van der Waals surface area contributed by atoms with Gasteiger partial charge in [-0.1, -0.05) is 0 Å². The second-order valence-corrected chi connectivity index (χ2v) is 3.58. The van der Waals surface area contributed by atoms with Gasteiger partial charge < -0.3 is 19.5 Å². The van der Waals surface area contributed by atoms with Gasteiger partial charge in [-0.05, 0) is 13.8 Å². The van der Waals surface area contributed by atoms with E-state index < -0.39 is 12.0 Å². The van der Waals surface area contributed by atoms with Gasteiger partial charge in [0, 0.05) is 13.5 Å². The molecule has 6 heteroatoms. The van der Waals surface area contributed by atoms with Crippen molar-refractivity contribution in [1.29, 1.82) is 0 Å². The monoisotopic (exact) mass is 247 g/mol. The number of carbonyl (C=O) groups excluding carboxylic acids is 2.